The van der Waals surface area contributed by atoms with E-state index in [4.69, 9.17) is 11.6 Å². The number of hydrogen-bond donors (Lipinski definition) is 1. The predicted molar refractivity (Wildman–Crippen MR) is 80.6 cm³/mol. The van der Waals surface area contributed by atoms with Gasteiger partial charge in [-0.1, -0.05) is 29.0 Å². The van der Waals surface area contributed by atoms with Crippen LogP contribution in [0.3, 0.4) is 0 Å². The van der Waals surface area contributed by atoms with Gasteiger partial charge in [-0.15, -0.1) is 0 Å². The Bertz CT molecular complexity index is 630. The Kier molecular flexibility index (Phi) is 4.44. The Labute approximate surface area is 127 Å². The van der Waals surface area contributed by atoms with Crippen LogP contribution in [0.1, 0.15) is 15.2 Å². The van der Waals surface area contributed by atoms with Crippen molar-refractivity contribution in [3.05, 3.63) is 38.3 Å². The maximum Gasteiger partial charge on any atom is 0.351 e. The van der Waals surface area contributed by atoms with Crippen molar-refractivity contribution in [2.45, 2.75) is 6.92 Å². The monoisotopic (exact) mass is 360 g/mol. The molecule has 1 N–H and O–H groups in total. The van der Waals surface area contributed by atoms with Crippen molar-refractivity contribution in [1.29, 1.82) is 0 Å². The van der Waals surface area contributed by atoms with E-state index in [9.17, 15) is 4.79 Å². The minimum atomic E-state index is -0.487. The third-order valence-corrected chi connectivity index (χ3v) is 4.35. The molecule has 0 radical (unpaired) electrons. The molecule has 1 aromatic carbocycles. The first-order valence-corrected chi connectivity index (χ1v) is 7.28. The first-order chi connectivity index (χ1) is 9.01. The maximum atomic E-state index is 11.4. The van der Waals surface area contributed by atoms with Gasteiger partial charge in [0.05, 0.1) is 12.8 Å². The van der Waals surface area contributed by atoms with E-state index in [1.165, 1.54) is 7.11 Å². The average Bonchev–Trinajstić information content (AvgIpc) is 2.74. The summed E-state index contributed by atoms with van der Waals surface area (Å²) in [7, 11) is 1.31. The van der Waals surface area contributed by atoms with E-state index in [1.807, 2.05) is 25.1 Å². The third-order valence-electron chi connectivity index (χ3n) is 2.32. The van der Waals surface area contributed by atoms with Gasteiger partial charge in [-0.2, -0.15) is 0 Å². The number of aryl methyl sites for hydroxylation is 1. The van der Waals surface area contributed by atoms with E-state index in [0.717, 1.165) is 27.1 Å². The summed E-state index contributed by atoms with van der Waals surface area (Å²) in [5.41, 5.74) is 1.98. The number of nitrogens with one attached hydrogen (secondary N) is 1. The van der Waals surface area contributed by atoms with E-state index in [-0.39, 0.29) is 10.0 Å². The topological polar surface area (TPSA) is 51.2 Å². The highest BCUT2D eigenvalue weighted by Gasteiger charge is 2.17. The average molecular weight is 362 g/mol. The molecule has 0 unspecified atom stereocenters. The van der Waals surface area contributed by atoms with Gasteiger partial charge in [0.1, 0.15) is 0 Å². The van der Waals surface area contributed by atoms with Crippen LogP contribution in [0.15, 0.2) is 22.7 Å². The largest absolute Gasteiger partial charge is 0.465 e. The highest BCUT2D eigenvalue weighted by molar-refractivity contribution is 9.10. The molecule has 1 heterocycles. The number of benzene rings is 1. The molecule has 0 aliphatic rings. The molecule has 19 heavy (non-hydrogen) atoms. The minimum absolute atomic E-state index is 0.142. The number of anilines is 2. The molecule has 1 aromatic heterocycles. The molecular formula is C12H10BrClN2O2S. The summed E-state index contributed by atoms with van der Waals surface area (Å²) in [6, 6.07) is 5.90. The second-order valence-corrected chi connectivity index (χ2v) is 5.95. The summed E-state index contributed by atoms with van der Waals surface area (Å²) in [5, 5.41) is 3.80. The van der Waals surface area contributed by atoms with E-state index in [2.05, 4.69) is 31.0 Å². The number of carbonyl (C=O) groups excluding carboxylic acids is 1. The van der Waals surface area contributed by atoms with Crippen LogP contribution < -0.4 is 5.32 Å². The first-order valence-electron chi connectivity index (χ1n) is 5.29. The lowest BCUT2D eigenvalue weighted by molar-refractivity contribution is 0.0606. The van der Waals surface area contributed by atoms with Gasteiger partial charge in [-0.25, -0.2) is 9.78 Å². The molecule has 100 valence electrons. The molecule has 0 saturated carbocycles. The number of hydrogen-bond acceptors (Lipinski definition) is 5. The molecule has 0 amide bonds. The van der Waals surface area contributed by atoms with Crippen LogP contribution in [-0.2, 0) is 4.74 Å². The fourth-order valence-corrected chi connectivity index (χ4v) is 2.88. The molecule has 0 spiro atoms. The Morgan fingerprint density at radius 1 is 1.53 bits per heavy atom. The van der Waals surface area contributed by atoms with E-state index >= 15 is 0 Å². The van der Waals surface area contributed by atoms with Gasteiger partial charge in [0.25, 0.3) is 0 Å². The lowest BCUT2D eigenvalue weighted by atomic mass is 10.2. The highest BCUT2D eigenvalue weighted by Crippen LogP contribution is 2.32. The number of methoxy groups -OCH3 is 1. The summed E-state index contributed by atoms with van der Waals surface area (Å²) in [4.78, 5) is 15.8. The summed E-state index contributed by atoms with van der Waals surface area (Å²) in [5.74, 6) is -0.487. The van der Waals surface area contributed by atoms with Crippen molar-refractivity contribution in [2.75, 3.05) is 12.4 Å². The number of ether oxygens (including phenoxy) is 1. The number of rotatable bonds is 3. The molecule has 7 heteroatoms. The van der Waals surface area contributed by atoms with Crippen LogP contribution in [0.2, 0.25) is 5.15 Å². The van der Waals surface area contributed by atoms with Crippen LogP contribution in [0.25, 0.3) is 0 Å². The van der Waals surface area contributed by atoms with Crippen molar-refractivity contribution in [3.63, 3.8) is 0 Å². The summed E-state index contributed by atoms with van der Waals surface area (Å²) >= 11 is 10.5. The molecule has 0 bridgehead atoms. The SMILES string of the molecule is COC(=O)c1sc(Nc2cc(C)ccc2Br)nc1Cl. The molecule has 4 nitrogen and oxygen atoms in total. The van der Waals surface area contributed by atoms with Crippen LogP contribution in [0, 0.1) is 6.92 Å². The molecule has 0 atom stereocenters. The maximum absolute atomic E-state index is 11.4. The molecule has 0 saturated heterocycles. The number of thiazole rings is 1. The standard InChI is InChI=1S/C12H10BrClN2O2S/c1-6-3-4-7(13)8(5-6)15-12-16-10(14)9(19-12)11(17)18-2/h3-5H,1-2H3,(H,15,16). The third kappa shape index (κ3) is 3.26. The number of nitrogens with zero attached hydrogens (tertiary/aromatic N) is 1. The van der Waals surface area contributed by atoms with Crippen molar-refractivity contribution in [1.82, 2.24) is 4.98 Å². The van der Waals surface area contributed by atoms with Gasteiger partial charge < -0.3 is 10.1 Å². The van der Waals surface area contributed by atoms with Gasteiger partial charge in [0.15, 0.2) is 15.2 Å². The van der Waals surface area contributed by atoms with E-state index in [1.54, 1.807) is 0 Å². The summed E-state index contributed by atoms with van der Waals surface area (Å²) in [6.07, 6.45) is 0. The Hall–Kier alpha value is -1.11. The van der Waals surface area contributed by atoms with E-state index < -0.39 is 5.97 Å². The molecule has 0 fully saturated rings. The zero-order chi connectivity index (χ0) is 14.0. The number of carbonyl (C=O) groups is 1. The zero-order valence-corrected chi connectivity index (χ0v) is 13.3. The number of aromatic nitrogens is 1. The first kappa shape index (κ1) is 14.3. The van der Waals surface area contributed by atoms with Crippen LogP contribution in [-0.4, -0.2) is 18.1 Å². The number of halogens is 2. The second-order valence-electron chi connectivity index (χ2n) is 3.74. The smallest absolute Gasteiger partial charge is 0.351 e. The lowest BCUT2D eigenvalue weighted by Crippen LogP contribution is -1.98. The molecule has 0 aliphatic carbocycles. The zero-order valence-electron chi connectivity index (χ0n) is 10.2. The Balaban J connectivity index is 2.29. The normalized spacial score (nSPS) is 10.3. The molecule has 0 aliphatic heterocycles. The summed E-state index contributed by atoms with van der Waals surface area (Å²) < 4.78 is 5.54. The van der Waals surface area contributed by atoms with Crippen molar-refractivity contribution in [3.8, 4) is 0 Å². The van der Waals surface area contributed by atoms with Crippen molar-refractivity contribution in [2.24, 2.45) is 0 Å². The van der Waals surface area contributed by atoms with Crippen molar-refractivity contribution >= 4 is 55.7 Å². The van der Waals surface area contributed by atoms with Crippen LogP contribution in [0.4, 0.5) is 10.8 Å². The van der Waals surface area contributed by atoms with E-state index in [0.29, 0.717) is 5.13 Å². The molecule has 2 rings (SSSR count). The minimum Gasteiger partial charge on any atom is -0.465 e. The quantitative estimate of drug-likeness (QED) is 0.823. The van der Waals surface area contributed by atoms with Gasteiger partial charge in [0, 0.05) is 4.47 Å². The predicted octanol–water partition coefficient (Wildman–Crippen LogP) is 4.40. The lowest BCUT2D eigenvalue weighted by Gasteiger charge is -2.06. The van der Waals surface area contributed by atoms with Gasteiger partial charge in [0.2, 0.25) is 0 Å². The fraction of sp³-hybridized carbons (Fsp3) is 0.167. The van der Waals surface area contributed by atoms with Gasteiger partial charge in [-0.3, -0.25) is 0 Å². The highest BCUT2D eigenvalue weighted by atomic mass is 79.9. The second kappa shape index (κ2) is 5.90. The Morgan fingerprint density at radius 3 is 2.95 bits per heavy atom. The van der Waals surface area contributed by atoms with Crippen LogP contribution >= 0.6 is 38.9 Å². The van der Waals surface area contributed by atoms with Crippen LogP contribution in [0.5, 0.6) is 0 Å². The van der Waals surface area contributed by atoms with Gasteiger partial charge in [-0.05, 0) is 40.5 Å². The fourth-order valence-electron chi connectivity index (χ4n) is 1.42. The van der Waals surface area contributed by atoms with Crippen molar-refractivity contribution < 1.29 is 9.53 Å². The summed E-state index contributed by atoms with van der Waals surface area (Å²) in [6.45, 7) is 1.99. The van der Waals surface area contributed by atoms with Gasteiger partial charge >= 0.3 is 5.97 Å². The number of esters is 1. The molecular weight excluding hydrogens is 352 g/mol. The molecule has 2 aromatic rings. The Morgan fingerprint density at radius 2 is 2.26 bits per heavy atom.